The number of amides is 1. The Morgan fingerprint density at radius 2 is 2.20 bits per heavy atom. The van der Waals surface area contributed by atoms with Gasteiger partial charge in [0.25, 0.3) is 0 Å². The monoisotopic (exact) mass is 344 g/mol. The lowest BCUT2D eigenvalue weighted by atomic mass is 9.79. The summed E-state index contributed by atoms with van der Waals surface area (Å²) in [6.45, 7) is 10.1. The summed E-state index contributed by atoms with van der Waals surface area (Å²) < 4.78 is 0. The first kappa shape index (κ1) is 19.7. The van der Waals surface area contributed by atoms with Crippen molar-refractivity contribution in [3.05, 3.63) is 23.8 Å². The van der Waals surface area contributed by atoms with Crippen molar-refractivity contribution in [2.45, 2.75) is 46.1 Å². The molecule has 2 aliphatic heterocycles. The number of rotatable bonds is 5. The molecule has 2 N–H and O–H groups in total. The second-order valence-corrected chi connectivity index (χ2v) is 7.44. The van der Waals surface area contributed by atoms with Crippen LogP contribution in [-0.2, 0) is 4.79 Å². The van der Waals surface area contributed by atoms with Crippen LogP contribution in [0.1, 0.15) is 40.0 Å². The topological polar surface area (TPSA) is 68.2 Å². The predicted octanol–water partition coefficient (Wildman–Crippen LogP) is 2.23. The molecule has 1 amide bonds. The largest absolute Gasteiger partial charge is 0.352 e. The lowest BCUT2D eigenvalue weighted by Crippen LogP contribution is -2.49. The van der Waals surface area contributed by atoms with E-state index in [1.54, 1.807) is 0 Å². The van der Waals surface area contributed by atoms with Crippen LogP contribution in [0.4, 0.5) is 0 Å². The molecule has 2 unspecified atom stereocenters. The highest BCUT2D eigenvalue weighted by Crippen LogP contribution is 2.32. The highest BCUT2D eigenvalue weighted by Gasteiger charge is 2.33. The summed E-state index contributed by atoms with van der Waals surface area (Å²) in [5.41, 5.74) is 1.08. The molecular weight excluding hydrogens is 312 g/mol. The van der Waals surface area contributed by atoms with Gasteiger partial charge in [0.1, 0.15) is 0 Å². The summed E-state index contributed by atoms with van der Waals surface area (Å²) in [4.78, 5) is 14.6. The third-order valence-corrected chi connectivity index (χ3v) is 5.61. The van der Waals surface area contributed by atoms with Gasteiger partial charge in [0.15, 0.2) is 0 Å². The molecule has 5 heteroatoms. The van der Waals surface area contributed by atoms with Crippen LogP contribution in [-0.4, -0.2) is 49.6 Å². The van der Waals surface area contributed by atoms with Crippen LogP contribution in [0.15, 0.2) is 23.8 Å². The average Bonchev–Trinajstić information content (AvgIpc) is 2.63. The summed E-state index contributed by atoms with van der Waals surface area (Å²) in [5, 5.41) is 16.0. The van der Waals surface area contributed by atoms with Gasteiger partial charge in [-0.05, 0) is 46.0 Å². The Morgan fingerprint density at radius 3 is 2.80 bits per heavy atom. The van der Waals surface area contributed by atoms with Crippen molar-refractivity contribution >= 4 is 5.91 Å². The number of nitrogens with one attached hydrogen (secondary N) is 2. The van der Waals surface area contributed by atoms with Crippen molar-refractivity contribution < 1.29 is 4.79 Å². The molecule has 0 aliphatic carbocycles. The molecule has 0 aromatic carbocycles. The summed E-state index contributed by atoms with van der Waals surface area (Å²) >= 11 is 0. The van der Waals surface area contributed by atoms with Crippen LogP contribution in [0.3, 0.4) is 0 Å². The smallest absolute Gasteiger partial charge is 0.234 e. The minimum absolute atomic E-state index is 0.0931. The summed E-state index contributed by atoms with van der Waals surface area (Å²) in [7, 11) is 0. The molecule has 2 rings (SSSR count). The fraction of sp³-hybridized carbons (Fsp3) is 0.700. The quantitative estimate of drug-likeness (QED) is 0.751. The average molecular weight is 345 g/mol. The number of likely N-dealkylation sites (tertiary alicyclic amines) is 1. The van der Waals surface area contributed by atoms with E-state index in [1.165, 1.54) is 5.57 Å². The molecule has 2 saturated heterocycles. The highest BCUT2D eigenvalue weighted by molar-refractivity contribution is 5.78. The fourth-order valence-corrected chi connectivity index (χ4v) is 3.84. The lowest BCUT2D eigenvalue weighted by Gasteiger charge is -2.36. The van der Waals surface area contributed by atoms with E-state index in [-0.39, 0.29) is 17.4 Å². The van der Waals surface area contributed by atoms with Crippen LogP contribution >= 0.6 is 0 Å². The molecule has 138 valence electrons. The molecule has 2 atom stereocenters. The SMILES string of the molecule is CC=C1CNCC(C(C)NC(=O)CN2CCC(C#N)(/C=C/C)CC2)C1. The van der Waals surface area contributed by atoms with E-state index in [1.807, 2.05) is 19.1 Å². The molecule has 0 bridgehead atoms. The van der Waals surface area contributed by atoms with Crippen LogP contribution in [0.5, 0.6) is 0 Å². The van der Waals surface area contributed by atoms with Gasteiger partial charge in [-0.2, -0.15) is 5.26 Å². The van der Waals surface area contributed by atoms with E-state index in [2.05, 4.69) is 41.5 Å². The minimum Gasteiger partial charge on any atom is -0.352 e. The molecule has 0 spiro atoms. The van der Waals surface area contributed by atoms with Crippen LogP contribution in [0.2, 0.25) is 0 Å². The number of piperidine rings is 2. The van der Waals surface area contributed by atoms with Crippen molar-refractivity contribution in [3.8, 4) is 6.07 Å². The maximum absolute atomic E-state index is 12.4. The number of nitrogens with zero attached hydrogens (tertiary/aromatic N) is 2. The van der Waals surface area contributed by atoms with Gasteiger partial charge in [-0.25, -0.2) is 0 Å². The minimum atomic E-state index is -0.342. The van der Waals surface area contributed by atoms with E-state index in [9.17, 15) is 10.1 Å². The van der Waals surface area contributed by atoms with Crippen LogP contribution in [0.25, 0.3) is 0 Å². The van der Waals surface area contributed by atoms with E-state index in [4.69, 9.17) is 0 Å². The Hall–Kier alpha value is -1.64. The first-order chi connectivity index (χ1) is 12.0. The Balaban J connectivity index is 1.78. The molecule has 0 radical (unpaired) electrons. The molecule has 25 heavy (non-hydrogen) atoms. The van der Waals surface area contributed by atoms with Crippen molar-refractivity contribution in [2.24, 2.45) is 11.3 Å². The van der Waals surface area contributed by atoms with Crippen LogP contribution in [0, 0.1) is 22.7 Å². The second kappa shape index (κ2) is 9.17. The Kier molecular flexibility index (Phi) is 7.22. The zero-order valence-electron chi connectivity index (χ0n) is 15.8. The van der Waals surface area contributed by atoms with Gasteiger partial charge >= 0.3 is 0 Å². The number of nitriles is 1. The lowest BCUT2D eigenvalue weighted by molar-refractivity contribution is -0.123. The predicted molar refractivity (Wildman–Crippen MR) is 101 cm³/mol. The zero-order valence-corrected chi connectivity index (χ0v) is 15.8. The fourth-order valence-electron chi connectivity index (χ4n) is 3.84. The van der Waals surface area contributed by atoms with Crippen molar-refractivity contribution in [3.63, 3.8) is 0 Å². The molecule has 0 aromatic heterocycles. The van der Waals surface area contributed by atoms with E-state index >= 15 is 0 Å². The molecule has 5 nitrogen and oxygen atoms in total. The van der Waals surface area contributed by atoms with Gasteiger partial charge in [0.05, 0.1) is 18.0 Å². The van der Waals surface area contributed by atoms with Crippen molar-refractivity contribution in [2.75, 3.05) is 32.7 Å². The molecule has 2 fully saturated rings. The standard InChI is InChI=1S/C20H32N4O/c1-4-6-20(15-21)7-9-24(10-8-20)14-19(25)23-16(3)18-11-17(5-2)12-22-13-18/h4-6,16,18,22H,7-14H2,1-3H3,(H,23,25)/b6-4+,17-5?. The maximum atomic E-state index is 12.4. The van der Waals surface area contributed by atoms with Crippen molar-refractivity contribution in [1.29, 1.82) is 5.26 Å². The zero-order chi connectivity index (χ0) is 18.3. The first-order valence-electron chi connectivity index (χ1n) is 9.43. The second-order valence-electron chi connectivity index (χ2n) is 7.44. The molecule has 2 aliphatic rings. The third-order valence-electron chi connectivity index (χ3n) is 5.61. The van der Waals surface area contributed by atoms with Gasteiger partial charge in [0, 0.05) is 32.2 Å². The Morgan fingerprint density at radius 1 is 1.48 bits per heavy atom. The summed E-state index contributed by atoms with van der Waals surface area (Å²) in [5.74, 6) is 0.543. The maximum Gasteiger partial charge on any atom is 0.234 e. The van der Waals surface area contributed by atoms with E-state index < -0.39 is 0 Å². The Labute approximate surface area is 152 Å². The van der Waals surface area contributed by atoms with Crippen molar-refractivity contribution in [1.82, 2.24) is 15.5 Å². The van der Waals surface area contributed by atoms with Crippen LogP contribution < -0.4 is 10.6 Å². The van der Waals surface area contributed by atoms with Gasteiger partial charge < -0.3 is 10.6 Å². The summed E-state index contributed by atoms with van der Waals surface area (Å²) in [6.07, 6.45) is 8.81. The molecule has 0 aromatic rings. The van der Waals surface area contributed by atoms with E-state index in [0.29, 0.717) is 12.5 Å². The number of carbonyl (C=O) groups excluding carboxylic acids is 1. The molecule has 0 saturated carbocycles. The van der Waals surface area contributed by atoms with E-state index in [0.717, 1.165) is 45.4 Å². The number of hydrogen-bond donors (Lipinski definition) is 2. The van der Waals surface area contributed by atoms with Gasteiger partial charge in [-0.3, -0.25) is 9.69 Å². The number of allylic oxidation sites excluding steroid dienone is 3. The first-order valence-corrected chi connectivity index (χ1v) is 9.43. The third kappa shape index (κ3) is 5.42. The number of carbonyl (C=O) groups is 1. The molecular formula is C20H32N4O. The van der Waals surface area contributed by atoms with Gasteiger partial charge in [-0.15, -0.1) is 0 Å². The summed E-state index contributed by atoms with van der Waals surface area (Å²) in [6, 6.07) is 2.62. The number of hydrogen-bond acceptors (Lipinski definition) is 4. The van der Waals surface area contributed by atoms with Gasteiger partial charge in [0.2, 0.25) is 5.91 Å². The highest BCUT2D eigenvalue weighted by atomic mass is 16.2. The normalized spacial score (nSPS) is 27.1. The molecule has 2 heterocycles. The Bertz CT molecular complexity index is 553. The van der Waals surface area contributed by atoms with Gasteiger partial charge in [-0.1, -0.05) is 23.8 Å².